The second-order valence-corrected chi connectivity index (χ2v) is 11.5. The first kappa shape index (κ1) is 23.1. The summed E-state index contributed by atoms with van der Waals surface area (Å²) in [6, 6.07) is 15.0. The summed E-state index contributed by atoms with van der Waals surface area (Å²) in [6.07, 6.45) is 3.54. The van der Waals surface area contributed by atoms with Crippen LogP contribution in [0.3, 0.4) is 0 Å². The maximum absolute atomic E-state index is 13.0. The fourth-order valence-corrected chi connectivity index (χ4v) is 6.89. The molecule has 0 atom stereocenters. The van der Waals surface area contributed by atoms with Crippen LogP contribution in [0.25, 0.3) is 11.4 Å². The molecule has 2 aliphatic heterocycles. The third-order valence-corrected chi connectivity index (χ3v) is 9.29. The first-order valence-corrected chi connectivity index (χ1v) is 13.9. The Bertz CT molecular complexity index is 1300. The second kappa shape index (κ2) is 9.52. The van der Waals surface area contributed by atoms with Crippen LogP contribution in [0.5, 0.6) is 0 Å². The number of amides is 1. The second-order valence-electron chi connectivity index (χ2n) is 8.57. The summed E-state index contributed by atoms with van der Waals surface area (Å²) in [5, 5.41) is 9.20. The molecule has 1 fully saturated rings. The third-order valence-electron chi connectivity index (χ3n) is 6.39. The molecule has 178 valence electrons. The van der Waals surface area contributed by atoms with Crippen molar-refractivity contribution in [1.82, 2.24) is 19.1 Å². The molecule has 0 bridgehead atoms. The van der Waals surface area contributed by atoms with Crippen LogP contribution in [0.2, 0.25) is 0 Å². The highest BCUT2D eigenvalue weighted by atomic mass is 32.2. The number of thioether (sulfide) groups is 1. The summed E-state index contributed by atoms with van der Waals surface area (Å²) in [6.45, 7) is 1.71. The summed E-state index contributed by atoms with van der Waals surface area (Å²) in [4.78, 5) is 15.1. The summed E-state index contributed by atoms with van der Waals surface area (Å²) in [5.41, 5.74) is 2.67. The molecule has 0 N–H and O–H groups in total. The molecular weight excluding hydrogens is 470 g/mol. The number of anilines is 1. The van der Waals surface area contributed by atoms with Crippen molar-refractivity contribution in [2.24, 2.45) is 7.05 Å². The molecular formula is C24H27N5O3S2. The number of carbonyl (C=O) groups excluding carboxylic acids is 1. The van der Waals surface area contributed by atoms with Crippen LogP contribution in [0, 0.1) is 0 Å². The number of rotatable bonds is 6. The molecule has 0 spiro atoms. The van der Waals surface area contributed by atoms with Gasteiger partial charge in [0.2, 0.25) is 15.9 Å². The number of fused-ring (bicyclic) bond motifs is 1. The van der Waals surface area contributed by atoms with E-state index in [4.69, 9.17) is 0 Å². The molecule has 1 aromatic heterocycles. The van der Waals surface area contributed by atoms with Gasteiger partial charge in [0.25, 0.3) is 0 Å². The smallest absolute Gasteiger partial charge is 0.243 e. The van der Waals surface area contributed by atoms with Gasteiger partial charge in [0.05, 0.1) is 10.6 Å². The number of aromatic nitrogens is 3. The Morgan fingerprint density at radius 2 is 1.76 bits per heavy atom. The first-order valence-electron chi connectivity index (χ1n) is 11.5. The van der Waals surface area contributed by atoms with Crippen LogP contribution in [0.1, 0.15) is 24.8 Å². The van der Waals surface area contributed by atoms with Crippen molar-refractivity contribution >= 4 is 33.4 Å². The molecule has 2 aromatic carbocycles. The van der Waals surface area contributed by atoms with Gasteiger partial charge in [-0.25, -0.2) is 8.42 Å². The maximum Gasteiger partial charge on any atom is 0.243 e. The van der Waals surface area contributed by atoms with E-state index in [1.54, 1.807) is 27.4 Å². The van der Waals surface area contributed by atoms with Crippen molar-refractivity contribution in [1.29, 1.82) is 0 Å². The van der Waals surface area contributed by atoms with E-state index in [1.807, 2.05) is 41.9 Å². The summed E-state index contributed by atoms with van der Waals surface area (Å²) < 4.78 is 29.5. The van der Waals surface area contributed by atoms with Gasteiger partial charge < -0.3 is 9.47 Å². The maximum atomic E-state index is 13.0. The van der Waals surface area contributed by atoms with Gasteiger partial charge in [0.15, 0.2) is 11.0 Å². The van der Waals surface area contributed by atoms with E-state index in [0.29, 0.717) is 36.1 Å². The minimum absolute atomic E-state index is 0.0281. The van der Waals surface area contributed by atoms with Crippen molar-refractivity contribution in [3.63, 3.8) is 0 Å². The number of hydrogen-bond donors (Lipinski definition) is 0. The molecule has 0 radical (unpaired) electrons. The van der Waals surface area contributed by atoms with Gasteiger partial charge in [0, 0.05) is 37.9 Å². The van der Waals surface area contributed by atoms with Gasteiger partial charge >= 0.3 is 0 Å². The first-order chi connectivity index (χ1) is 16.4. The molecule has 1 saturated heterocycles. The molecule has 1 amide bonds. The Morgan fingerprint density at radius 3 is 2.53 bits per heavy atom. The lowest BCUT2D eigenvalue weighted by molar-refractivity contribution is -0.116. The van der Waals surface area contributed by atoms with Crippen LogP contribution < -0.4 is 4.90 Å². The van der Waals surface area contributed by atoms with E-state index in [2.05, 4.69) is 10.2 Å². The fourth-order valence-electron chi connectivity index (χ4n) is 4.54. The zero-order valence-electron chi connectivity index (χ0n) is 19.1. The van der Waals surface area contributed by atoms with Crippen LogP contribution in [0.4, 0.5) is 5.69 Å². The molecule has 0 saturated carbocycles. The Morgan fingerprint density at radius 1 is 1.00 bits per heavy atom. The van der Waals surface area contributed by atoms with Gasteiger partial charge in [-0.05, 0) is 43.0 Å². The van der Waals surface area contributed by atoms with E-state index < -0.39 is 10.0 Å². The normalized spacial score (nSPS) is 16.6. The lowest BCUT2D eigenvalue weighted by Crippen LogP contribution is -2.35. The number of sulfonamides is 1. The van der Waals surface area contributed by atoms with Crippen molar-refractivity contribution in [3.8, 4) is 11.4 Å². The highest BCUT2D eigenvalue weighted by Crippen LogP contribution is 2.33. The van der Waals surface area contributed by atoms with Gasteiger partial charge in [-0.15, -0.1) is 10.2 Å². The van der Waals surface area contributed by atoms with Gasteiger partial charge in [-0.2, -0.15) is 4.31 Å². The Balaban J connectivity index is 1.27. The predicted molar refractivity (Wildman–Crippen MR) is 132 cm³/mol. The van der Waals surface area contributed by atoms with E-state index in [9.17, 15) is 13.2 Å². The minimum Gasteiger partial charge on any atom is -0.311 e. The van der Waals surface area contributed by atoms with Gasteiger partial charge in [0.1, 0.15) is 0 Å². The van der Waals surface area contributed by atoms with Crippen LogP contribution in [-0.2, 0) is 28.3 Å². The zero-order valence-corrected chi connectivity index (χ0v) is 20.7. The molecule has 8 nitrogen and oxygen atoms in total. The Hall–Kier alpha value is -2.69. The minimum atomic E-state index is -3.49. The average Bonchev–Trinajstić information content (AvgIpc) is 3.46. The van der Waals surface area contributed by atoms with E-state index in [0.717, 1.165) is 41.9 Å². The quantitative estimate of drug-likeness (QED) is 0.486. The molecule has 3 heterocycles. The van der Waals surface area contributed by atoms with E-state index in [-0.39, 0.29) is 11.7 Å². The third kappa shape index (κ3) is 4.37. The van der Waals surface area contributed by atoms with Crippen molar-refractivity contribution < 1.29 is 13.2 Å². The van der Waals surface area contributed by atoms with Crippen molar-refractivity contribution in [3.05, 3.63) is 54.1 Å². The number of hydrogen-bond acceptors (Lipinski definition) is 6. The number of carbonyl (C=O) groups is 1. The van der Waals surface area contributed by atoms with Crippen molar-refractivity contribution in [2.75, 3.05) is 30.3 Å². The van der Waals surface area contributed by atoms with Gasteiger partial charge in [-0.3, -0.25) is 4.79 Å². The number of benzene rings is 2. The molecule has 2 aliphatic rings. The summed E-state index contributed by atoms with van der Waals surface area (Å²) in [7, 11) is -1.59. The fraction of sp³-hybridized carbons (Fsp3) is 0.375. The standard InChI is InChI=1S/C24H27N5O3S2/c1-27-23(18-8-4-2-5-9-18)25-26-24(27)33-17-22(30)29-15-12-19-16-20(10-11-21(19)29)34(31,32)28-13-6-3-7-14-28/h2,4-5,8-11,16H,3,6-7,12-15,17H2,1H3. The summed E-state index contributed by atoms with van der Waals surface area (Å²) >= 11 is 1.35. The molecule has 3 aromatic rings. The number of piperidine rings is 1. The van der Waals surface area contributed by atoms with Crippen LogP contribution in [-0.4, -0.2) is 58.8 Å². The molecule has 10 heteroatoms. The lowest BCUT2D eigenvalue weighted by Gasteiger charge is -2.26. The zero-order chi connectivity index (χ0) is 23.7. The molecule has 5 rings (SSSR count). The SMILES string of the molecule is Cn1c(SCC(=O)N2CCc3cc(S(=O)(=O)N4CCCCC4)ccc32)nnc1-c1ccccc1. The highest BCUT2D eigenvalue weighted by Gasteiger charge is 2.30. The van der Waals surface area contributed by atoms with E-state index in [1.165, 1.54) is 11.8 Å². The Kier molecular flexibility index (Phi) is 6.46. The lowest BCUT2D eigenvalue weighted by atomic mass is 10.2. The summed E-state index contributed by atoms with van der Waals surface area (Å²) in [5.74, 6) is 0.956. The van der Waals surface area contributed by atoms with Crippen LogP contribution in [0.15, 0.2) is 58.6 Å². The van der Waals surface area contributed by atoms with Crippen molar-refractivity contribution in [2.45, 2.75) is 35.7 Å². The largest absolute Gasteiger partial charge is 0.311 e. The molecule has 34 heavy (non-hydrogen) atoms. The molecule has 0 unspecified atom stereocenters. The Labute approximate surface area is 204 Å². The molecule has 0 aliphatic carbocycles. The average molecular weight is 498 g/mol. The predicted octanol–water partition coefficient (Wildman–Crippen LogP) is 3.34. The topological polar surface area (TPSA) is 88.4 Å². The monoisotopic (exact) mass is 497 g/mol. The van der Waals surface area contributed by atoms with E-state index >= 15 is 0 Å². The van der Waals surface area contributed by atoms with Gasteiger partial charge in [-0.1, -0.05) is 48.5 Å². The highest BCUT2D eigenvalue weighted by molar-refractivity contribution is 7.99. The van der Waals surface area contributed by atoms with Crippen LogP contribution >= 0.6 is 11.8 Å². The number of nitrogens with zero attached hydrogens (tertiary/aromatic N) is 5.